The van der Waals surface area contributed by atoms with Crippen molar-refractivity contribution in [2.45, 2.75) is 19.3 Å². The summed E-state index contributed by atoms with van der Waals surface area (Å²) in [5.41, 5.74) is 3.31. The minimum absolute atomic E-state index is 0.113. The average Bonchev–Trinajstić information content (AvgIpc) is 2.76. The van der Waals surface area contributed by atoms with Crippen molar-refractivity contribution in [2.24, 2.45) is 0 Å². The van der Waals surface area contributed by atoms with Crippen LogP contribution in [0.25, 0.3) is 0 Å². The molecule has 25 heavy (non-hydrogen) atoms. The maximum Gasteiger partial charge on any atom is 0.271 e. The van der Waals surface area contributed by atoms with Crippen LogP contribution in [-0.2, 0) is 10.2 Å². The van der Waals surface area contributed by atoms with E-state index in [4.69, 9.17) is 0 Å². The fraction of sp³-hybridized carbons (Fsp3) is 0.211. The second-order valence-electron chi connectivity index (χ2n) is 6.52. The van der Waals surface area contributed by atoms with Crippen molar-refractivity contribution >= 4 is 27.4 Å². The molecule has 5 nitrogen and oxygen atoms in total. The number of likely N-dealkylation sites (N-methyl/N-ethyl adjacent to an activating group) is 1. The zero-order valence-corrected chi connectivity index (χ0v) is 15.7. The Morgan fingerprint density at radius 3 is 2.52 bits per heavy atom. The third-order valence-electron chi connectivity index (χ3n) is 4.63. The molecule has 0 bridgehead atoms. The molecule has 2 aliphatic rings. The number of carbonyl (C=O) groups excluding carboxylic acids is 1. The van der Waals surface area contributed by atoms with E-state index < -0.39 is 4.92 Å². The third-order valence-corrected chi connectivity index (χ3v) is 5.22. The van der Waals surface area contributed by atoms with Gasteiger partial charge in [0.2, 0.25) is 0 Å². The normalized spacial score (nSPS) is 22.1. The molecule has 0 spiro atoms. The number of anilines is 1. The van der Waals surface area contributed by atoms with Crippen molar-refractivity contribution in [1.29, 1.82) is 0 Å². The van der Waals surface area contributed by atoms with Gasteiger partial charge in [0.05, 0.1) is 9.41 Å². The number of carbonyl (C=O) groups is 1. The second kappa shape index (κ2) is 6.11. The summed E-state index contributed by atoms with van der Waals surface area (Å²) in [7, 11) is 1.98. The molecule has 0 saturated carbocycles. The number of Topliss-reactive ketones (excluding diaryl/α,β-unsaturated/α-hetero) is 1. The van der Waals surface area contributed by atoms with Crippen molar-refractivity contribution in [3.63, 3.8) is 0 Å². The smallest absolute Gasteiger partial charge is 0.271 e. The number of allylic oxidation sites excluding steroid dienone is 7. The van der Waals surface area contributed by atoms with Gasteiger partial charge in [0.25, 0.3) is 5.70 Å². The number of halogens is 1. The van der Waals surface area contributed by atoms with Crippen LogP contribution < -0.4 is 4.90 Å². The van der Waals surface area contributed by atoms with Crippen LogP contribution in [0.4, 0.5) is 5.69 Å². The first-order valence-corrected chi connectivity index (χ1v) is 8.56. The quantitative estimate of drug-likeness (QED) is 0.422. The summed E-state index contributed by atoms with van der Waals surface area (Å²) in [5.74, 6) is -0.265. The predicted octanol–water partition coefficient (Wildman–Crippen LogP) is 4.25. The fourth-order valence-corrected chi connectivity index (χ4v) is 3.76. The highest BCUT2D eigenvalue weighted by molar-refractivity contribution is 9.12. The van der Waals surface area contributed by atoms with Crippen LogP contribution >= 0.6 is 15.9 Å². The van der Waals surface area contributed by atoms with E-state index >= 15 is 0 Å². The van der Waals surface area contributed by atoms with Gasteiger partial charge in [0.15, 0.2) is 5.78 Å². The Kier molecular flexibility index (Phi) is 4.24. The van der Waals surface area contributed by atoms with E-state index in [1.165, 1.54) is 17.7 Å². The molecule has 0 unspecified atom stereocenters. The molecule has 0 radical (unpaired) electrons. The van der Waals surface area contributed by atoms with Gasteiger partial charge in [-0.25, -0.2) is 0 Å². The molecule has 1 aromatic rings. The van der Waals surface area contributed by atoms with Crippen LogP contribution in [0.5, 0.6) is 0 Å². The van der Waals surface area contributed by atoms with E-state index in [1.807, 2.05) is 25.3 Å². The van der Waals surface area contributed by atoms with Crippen LogP contribution in [0.3, 0.4) is 0 Å². The van der Waals surface area contributed by atoms with Crippen molar-refractivity contribution in [1.82, 2.24) is 0 Å². The molecular formula is C19H17BrN2O3. The van der Waals surface area contributed by atoms with Gasteiger partial charge in [-0.3, -0.25) is 14.9 Å². The van der Waals surface area contributed by atoms with Gasteiger partial charge in [0.1, 0.15) is 0 Å². The van der Waals surface area contributed by atoms with Crippen LogP contribution in [-0.4, -0.2) is 17.8 Å². The molecule has 0 amide bonds. The Labute approximate surface area is 154 Å². The average molecular weight is 401 g/mol. The van der Waals surface area contributed by atoms with Gasteiger partial charge in [0, 0.05) is 41.6 Å². The standard InChI is InChI=1S/C19H17BrN2O3/c1-19(2)14-6-4-5-7-16(14)21(3)17(19)9-8-12-10-13(22(24)25)11-15(20)18(12)23/h4-11H,1-3H3. The van der Waals surface area contributed by atoms with E-state index in [0.29, 0.717) is 0 Å². The van der Waals surface area contributed by atoms with Crippen molar-refractivity contribution in [2.75, 3.05) is 11.9 Å². The molecular weight excluding hydrogens is 384 g/mol. The van der Waals surface area contributed by atoms with Crippen LogP contribution in [0.1, 0.15) is 19.4 Å². The van der Waals surface area contributed by atoms with Gasteiger partial charge in [-0.1, -0.05) is 32.0 Å². The highest BCUT2D eigenvalue weighted by Crippen LogP contribution is 2.46. The number of benzene rings is 1. The van der Waals surface area contributed by atoms with Crippen molar-refractivity contribution in [3.05, 3.63) is 85.7 Å². The third kappa shape index (κ3) is 2.87. The van der Waals surface area contributed by atoms with Gasteiger partial charge >= 0.3 is 0 Å². The highest BCUT2D eigenvalue weighted by Gasteiger charge is 2.37. The molecule has 1 aliphatic heterocycles. The molecule has 1 aromatic carbocycles. The molecule has 1 aliphatic carbocycles. The highest BCUT2D eigenvalue weighted by atomic mass is 79.9. The van der Waals surface area contributed by atoms with Crippen molar-refractivity contribution in [3.8, 4) is 0 Å². The lowest BCUT2D eigenvalue weighted by atomic mass is 9.83. The molecule has 0 fully saturated rings. The number of para-hydroxylation sites is 1. The maximum atomic E-state index is 12.3. The maximum absolute atomic E-state index is 12.3. The zero-order chi connectivity index (χ0) is 18.4. The van der Waals surface area contributed by atoms with E-state index in [-0.39, 0.29) is 27.0 Å². The predicted molar refractivity (Wildman–Crippen MR) is 101 cm³/mol. The van der Waals surface area contributed by atoms with Crippen LogP contribution in [0.15, 0.2) is 70.0 Å². The summed E-state index contributed by atoms with van der Waals surface area (Å²) in [6, 6.07) is 8.15. The first kappa shape index (κ1) is 17.4. The topological polar surface area (TPSA) is 63.4 Å². The van der Waals surface area contributed by atoms with Gasteiger partial charge in [-0.2, -0.15) is 0 Å². The van der Waals surface area contributed by atoms with Gasteiger partial charge < -0.3 is 4.90 Å². The monoisotopic (exact) mass is 400 g/mol. The number of nitrogens with zero attached hydrogens (tertiary/aromatic N) is 2. The van der Waals surface area contributed by atoms with Gasteiger partial charge in [-0.15, -0.1) is 0 Å². The lowest BCUT2D eigenvalue weighted by molar-refractivity contribution is -0.419. The van der Waals surface area contributed by atoms with Crippen LogP contribution in [0, 0.1) is 10.1 Å². The van der Waals surface area contributed by atoms with E-state index in [0.717, 1.165) is 11.4 Å². The summed E-state index contributed by atoms with van der Waals surface area (Å²) in [6.45, 7) is 4.24. The Morgan fingerprint density at radius 2 is 1.88 bits per heavy atom. The number of fused-ring (bicyclic) bond motifs is 1. The molecule has 0 N–H and O–H groups in total. The number of ketones is 1. The van der Waals surface area contributed by atoms with E-state index in [9.17, 15) is 14.9 Å². The molecule has 0 aromatic heterocycles. The first-order valence-electron chi connectivity index (χ1n) is 7.77. The largest absolute Gasteiger partial charge is 0.347 e. The molecule has 1 heterocycles. The Bertz CT molecular complexity index is 907. The van der Waals surface area contributed by atoms with Gasteiger partial charge in [-0.05, 0) is 39.7 Å². The molecule has 0 atom stereocenters. The zero-order valence-electron chi connectivity index (χ0n) is 14.1. The minimum Gasteiger partial charge on any atom is -0.347 e. The second-order valence-corrected chi connectivity index (χ2v) is 7.38. The Morgan fingerprint density at radius 1 is 1.20 bits per heavy atom. The number of hydrogen-bond donors (Lipinski definition) is 0. The molecule has 3 rings (SSSR count). The molecule has 0 saturated heterocycles. The Hall–Kier alpha value is -2.47. The van der Waals surface area contributed by atoms with E-state index in [2.05, 4.69) is 46.8 Å². The lowest BCUT2D eigenvalue weighted by Crippen LogP contribution is -2.22. The lowest BCUT2D eigenvalue weighted by Gasteiger charge is -2.23. The first-order chi connectivity index (χ1) is 11.7. The number of nitro groups is 1. The number of hydrogen-bond acceptors (Lipinski definition) is 4. The summed E-state index contributed by atoms with van der Waals surface area (Å²) in [4.78, 5) is 24.9. The molecule has 6 heteroatoms. The summed E-state index contributed by atoms with van der Waals surface area (Å²) in [6.07, 6.45) is 6.06. The fourth-order valence-electron chi connectivity index (χ4n) is 3.30. The summed E-state index contributed by atoms with van der Waals surface area (Å²) >= 11 is 3.11. The van der Waals surface area contributed by atoms with Crippen molar-refractivity contribution < 1.29 is 9.72 Å². The molecule has 128 valence electrons. The van der Waals surface area contributed by atoms with E-state index in [1.54, 1.807) is 6.08 Å². The minimum atomic E-state index is -0.504. The van der Waals surface area contributed by atoms with Crippen LogP contribution in [0.2, 0.25) is 0 Å². The SMILES string of the molecule is CN1C(=CC=C2C=C([N+](=O)[O-])C=C(Br)C2=O)C(C)(C)c2ccccc21. The summed E-state index contributed by atoms with van der Waals surface area (Å²) in [5, 5.41) is 11.0. The summed E-state index contributed by atoms with van der Waals surface area (Å²) < 4.78 is 0.189. The Balaban J connectivity index is 2.05. The number of rotatable bonds is 2.